The van der Waals surface area contributed by atoms with E-state index in [2.05, 4.69) is 10.6 Å². The van der Waals surface area contributed by atoms with E-state index in [4.69, 9.17) is 4.74 Å². The van der Waals surface area contributed by atoms with Gasteiger partial charge in [0.15, 0.2) is 0 Å². The molecule has 0 bridgehead atoms. The zero-order valence-corrected chi connectivity index (χ0v) is 12.7. The van der Waals surface area contributed by atoms with Gasteiger partial charge in [0.05, 0.1) is 25.2 Å². The normalized spacial score (nSPS) is 31.4. The Labute approximate surface area is 130 Å². The minimum Gasteiger partial charge on any atom is -0.394 e. The molecule has 6 heteroatoms. The average Bonchev–Trinajstić information content (AvgIpc) is 3.29. The molecule has 122 valence electrons. The maximum atomic E-state index is 11.9. The lowest BCUT2D eigenvalue weighted by molar-refractivity contribution is -0.129. The smallest absolute Gasteiger partial charge is 0.223 e. The third-order valence-corrected chi connectivity index (χ3v) is 4.58. The Balaban J connectivity index is 1.49. The van der Waals surface area contributed by atoms with Gasteiger partial charge >= 0.3 is 0 Å². The van der Waals surface area contributed by atoms with Gasteiger partial charge in [0.2, 0.25) is 11.8 Å². The van der Waals surface area contributed by atoms with Gasteiger partial charge in [0.1, 0.15) is 6.10 Å². The standard InChI is InChI=1S/C16H24N2O4/c19-9-14-13(18-16(21)10-4-5-10)7-6-12(22-14)8-15(20)17-11-2-1-3-11/h6-7,10-14,19H,1-5,8-9H2,(H,17,20)(H,18,21)/t12-,13-,14+/m0/s1. The highest BCUT2D eigenvalue weighted by Gasteiger charge is 2.34. The zero-order chi connectivity index (χ0) is 15.5. The van der Waals surface area contributed by atoms with E-state index in [0.717, 1.165) is 25.7 Å². The van der Waals surface area contributed by atoms with Gasteiger partial charge in [-0.1, -0.05) is 12.2 Å². The van der Waals surface area contributed by atoms with Gasteiger partial charge in [-0.3, -0.25) is 9.59 Å². The van der Waals surface area contributed by atoms with Crippen molar-refractivity contribution in [1.82, 2.24) is 10.6 Å². The van der Waals surface area contributed by atoms with Gasteiger partial charge < -0.3 is 20.5 Å². The van der Waals surface area contributed by atoms with E-state index in [-0.39, 0.29) is 42.9 Å². The highest BCUT2D eigenvalue weighted by atomic mass is 16.5. The molecule has 1 heterocycles. The maximum absolute atomic E-state index is 11.9. The van der Waals surface area contributed by atoms with Crippen LogP contribution in [0.2, 0.25) is 0 Å². The molecule has 3 aliphatic rings. The molecule has 0 saturated heterocycles. The topological polar surface area (TPSA) is 87.7 Å². The summed E-state index contributed by atoms with van der Waals surface area (Å²) in [5, 5.41) is 15.3. The fraction of sp³-hybridized carbons (Fsp3) is 0.750. The lowest BCUT2D eigenvalue weighted by atomic mass is 9.93. The van der Waals surface area contributed by atoms with Crippen LogP contribution in [0, 0.1) is 5.92 Å². The van der Waals surface area contributed by atoms with Crippen LogP contribution in [0.5, 0.6) is 0 Å². The minimum atomic E-state index is -0.491. The van der Waals surface area contributed by atoms with Gasteiger partial charge in [-0.05, 0) is 32.1 Å². The average molecular weight is 308 g/mol. The third-order valence-electron chi connectivity index (χ3n) is 4.58. The first-order valence-corrected chi connectivity index (χ1v) is 8.20. The molecular weight excluding hydrogens is 284 g/mol. The summed E-state index contributed by atoms with van der Waals surface area (Å²) in [5.74, 6) is 0.133. The molecule has 2 fully saturated rings. The third kappa shape index (κ3) is 3.87. The summed E-state index contributed by atoms with van der Waals surface area (Å²) in [6.45, 7) is -0.180. The first kappa shape index (κ1) is 15.5. The van der Waals surface area contributed by atoms with Crippen LogP contribution in [-0.2, 0) is 14.3 Å². The summed E-state index contributed by atoms with van der Waals surface area (Å²) >= 11 is 0. The number of aliphatic hydroxyl groups excluding tert-OH is 1. The molecule has 0 aromatic carbocycles. The van der Waals surface area contributed by atoms with Crippen molar-refractivity contribution in [3.63, 3.8) is 0 Å². The second-order valence-electron chi connectivity index (χ2n) is 6.49. The molecule has 0 spiro atoms. The van der Waals surface area contributed by atoms with Crippen LogP contribution < -0.4 is 10.6 Å². The van der Waals surface area contributed by atoms with Crippen LogP contribution in [0.15, 0.2) is 12.2 Å². The maximum Gasteiger partial charge on any atom is 0.223 e. The number of ether oxygens (including phenoxy) is 1. The second kappa shape index (κ2) is 6.79. The quantitative estimate of drug-likeness (QED) is 0.614. The molecule has 2 amide bonds. The van der Waals surface area contributed by atoms with Crippen molar-refractivity contribution >= 4 is 11.8 Å². The molecule has 0 aromatic rings. The SMILES string of the molecule is O=C(C[C@@H]1C=C[C@H](NC(=O)C2CC2)[C@@H](CO)O1)NC1CCC1. The summed E-state index contributed by atoms with van der Waals surface area (Å²) in [7, 11) is 0. The number of carbonyl (C=O) groups excluding carboxylic acids is 2. The minimum absolute atomic E-state index is 0.0171. The Morgan fingerprint density at radius 1 is 1.14 bits per heavy atom. The van der Waals surface area contributed by atoms with Crippen molar-refractivity contribution in [2.45, 2.75) is 62.8 Å². The van der Waals surface area contributed by atoms with Crippen molar-refractivity contribution in [3.8, 4) is 0 Å². The lowest BCUT2D eigenvalue weighted by Crippen LogP contribution is -2.49. The molecule has 22 heavy (non-hydrogen) atoms. The number of aliphatic hydroxyl groups is 1. The molecule has 2 aliphatic carbocycles. The van der Waals surface area contributed by atoms with Gasteiger partial charge in [0.25, 0.3) is 0 Å². The van der Waals surface area contributed by atoms with Crippen LogP contribution in [0.25, 0.3) is 0 Å². The molecule has 0 unspecified atom stereocenters. The molecule has 2 saturated carbocycles. The number of hydrogen-bond donors (Lipinski definition) is 3. The first-order valence-electron chi connectivity index (χ1n) is 8.20. The van der Waals surface area contributed by atoms with E-state index < -0.39 is 6.10 Å². The molecule has 3 rings (SSSR count). The largest absolute Gasteiger partial charge is 0.394 e. The van der Waals surface area contributed by atoms with Gasteiger partial charge in [-0.2, -0.15) is 0 Å². The highest BCUT2D eigenvalue weighted by molar-refractivity contribution is 5.81. The first-order chi connectivity index (χ1) is 10.7. The van der Waals surface area contributed by atoms with Crippen molar-refractivity contribution in [2.75, 3.05) is 6.61 Å². The lowest BCUT2D eigenvalue weighted by Gasteiger charge is -2.32. The molecule has 3 N–H and O–H groups in total. The number of hydrogen-bond acceptors (Lipinski definition) is 4. The van der Waals surface area contributed by atoms with Crippen LogP contribution in [0.3, 0.4) is 0 Å². The van der Waals surface area contributed by atoms with Crippen molar-refractivity contribution in [1.29, 1.82) is 0 Å². The highest BCUT2D eigenvalue weighted by Crippen LogP contribution is 2.29. The van der Waals surface area contributed by atoms with Crippen molar-refractivity contribution in [3.05, 3.63) is 12.2 Å². The van der Waals surface area contributed by atoms with Crippen LogP contribution in [-0.4, -0.2) is 47.8 Å². The molecule has 0 aromatic heterocycles. The van der Waals surface area contributed by atoms with E-state index in [1.807, 2.05) is 12.2 Å². The Morgan fingerprint density at radius 3 is 2.50 bits per heavy atom. The van der Waals surface area contributed by atoms with E-state index in [1.54, 1.807) is 0 Å². The summed E-state index contributed by atoms with van der Waals surface area (Å²) in [4.78, 5) is 23.7. The van der Waals surface area contributed by atoms with E-state index in [0.29, 0.717) is 6.04 Å². The summed E-state index contributed by atoms with van der Waals surface area (Å²) < 4.78 is 5.74. The van der Waals surface area contributed by atoms with Gasteiger partial charge in [-0.25, -0.2) is 0 Å². The molecular formula is C16H24N2O4. The van der Waals surface area contributed by atoms with Gasteiger partial charge in [-0.15, -0.1) is 0 Å². The summed E-state index contributed by atoms with van der Waals surface area (Å²) in [6.07, 6.45) is 8.25. The Hall–Kier alpha value is -1.40. The Bertz CT molecular complexity index is 457. The molecule has 1 aliphatic heterocycles. The van der Waals surface area contributed by atoms with E-state index in [1.165, 1.54) is 6.42 Å². The fourth-order valence-electron chi connectivity index (χ4n) is 2.79. The Morgan fingerprint density at radius 2 is 1.91 bits per heavy atom. The number of carbonyl (C=O) groups is 2. The molecule has 3 atom stereocenters. The van der Waals surface area contributed by atoms with E-state index >= 15 is 0 Å². The van der Waals surface area contributed by atoms with Crippen LogP contribution in [0.4, 0.5) is 0 Å². The van der Waals surface area contributed by atoms with Crippen molar-refractivity contribution < 1.29 is 19.4 Å². The number of rotatable bonds is 6. The van der Waals surface area contributed by atoms with Crippen LogP contribution in [0.1, 0.15) is 38.5 Å². The number of amides is 2. The predicted octanol–water partition coefficient (Wildman–Crippen LogP) is 0.256. The summed E-state index contributed by atoms with van der Waals surface area (Å²) in [6, 6.07) is 0.00308. The van der Waals surface area contributed by atoms with Crippen LogP contribution >= 0.6 is 0 Å². The van der Waals surface area contributed by atoms with Gasteiger partial charge in [0, 0.05) is 12.0 Å². The zero-order valence-electron chi connectivity index (χ0n) is 12.7. The Kier molecular flexibility index (Phi) is 4.78. The fourth-order valence-corrected chi connectivity index (χ4v) is 2.79. The predicted molar refractivity (Wildman–Crippen MR) is 79.9 cm³/mol. The second-order valence-corrected chi connectivity index (χ2v) is 6.49. The molecule has 0 radical (unpaired) electrons. The van der Waals surface area contributed by atoms with Crippen molar-refractivity contribution in [2.24, 2.45) is 5.92 Å². The summed E-state index contributed by atoms with van der Waals surface area (Å²) in [5.41, 5.74) is 0. The van der Waals surface area contributed by atoms with E-state index in [9.17, 15) is 14.7 Å². The monoisotopic (exact) mass is 308 g/mol. The number of nitrogens with one attached hydrogen (secondary N) is 2. The molecule has 6 nitrogen and oxygen atoms in total.